The molecule has 2 heterocycles. The van der Waals surface area contributed by atoms with Crippen LogP contribution in [0.5, 0.6) is 0 Å². The van der Waals surface area contributed by atoms with E-state index in [0.29, 0.717) is 12.1 Å². The topological polar surface area (TPSA) is 40.1 Å². The molecule has 5 nitrogen and oxygen atoms in total. The number of nitrogens with zero attached hydrogens (tertiary/aromatic N) is 3. The van der Waals surface area contributed by atoms with Gasteiger partial charge in [0.25, 0.3) is 0 Å². The fraction of sp³-hybridized carbons (Fsp3) is 0.952. The number of halogens is 1. The molecule has 2 aliphatic heterocycles. The molecule has 3 rings (SSSR count). The van der Waals surface area contributed by atoms with E-state index < -0.39 is 0 Å². The van der Waals surface area contributed by atoms with Gasteiger partial charge in [-0.05, 0) is 57.9 Å². The van der Waals surface area contributed by atoms with Crippen molar-refractivity contribution in [2.45, 2.75) is 76.9 Å². The lowest BCUT2D eigenvalue weighted by Crippen LogP contribution is -2.50. The van der Waals surface area contributed by atoms with Gasteiger partial charge in [0.2, 0.25) is 0 Å². The van der Waals surface area contributed by atoms with Crippen molar-refractivity contribution in [1.29, 1.82) is 0 Å². The van der Waals surface area contributed by atoms with Gasteiger partial charge in [-0.3, -0.25) is 9.89 Å². The average molecular weight is 492 g/mol. The summed E-state index contributed by atoms with van der Waals surface area (Å²) in [5, 5.41) is 3.69. The molecule has 0 spiro atoms. The zero-order valence-corrected chi connectivity index (χ0v) is 19.8. The summed E-state index contributed by atoms with van der Waals surface area (Å²) in [6.07, 6.45) is 12.6. The average Bonchev–Trinajstić information content (AvgIpc) is 3.11. The number of aliphatic imine (C=N–C) groups is 1. The molecule has 0 aromatic rings. The summed E-state index contributed by atoms with van der Waals surface area (Å²) in [6.45, 7) is 8.70. The Hall–Kier alpha value is -0.0800. The van der Waals surface area contributed by atoms with Crippen LogP contribution in [0, 0.1) is 5.92 Å². The SMILES string of the molecule is CCOC1CCN(C(=NC)NCC2CCCN2CC2CCCCC2)CC1.I. The maximum absolute atomic E-state index is 5.78. The van der Waals surface area contributed by atoms with Gasteiger partial charge in [-0.25, -0.2) is 0 Å². The van der Waals surface area contributed by atoms with E-state index in [2.05, 4.69) is 27.0 Å². The van der Waals surface area contributed by atoms with Gasteiger partial charge >= 0.3 is 0 Å². The molecule has 3 aliphatic rings. The summed E-state index contributed by atoms with van der Waals surface area (Å²) in [5.41, 5.74) is 0. The molecule has 0 radical (unpaired) electrons. The molecule has 158 valence electrons. The maximum atomic E-state index is 5.78. The number of hydrogen-bond acceptors (Lipinski definition) is 3. The third-order valence-corrected chi connectivity index (χ3v) is 6.57. The summed E-state index contributed by atoms with van der Waals surface area (Å²) in [6, 6.07) is 0.689. The second kappa shape index (κ2) is 12.5. The first kappa shape index (κ1) is 23.2. The number of rotatable bonds is 6. The van der Waals surface area contributed by atoms with Crippen molar-refractivity contribution in [1.82, 2.24) is 15.1 Å². The van der Waals surface area contributed by atoms with Crippen molar-refractivity contribution in [2.75, 3.05) is 46.4 Å². The van der Waals surface area contributed by atoms with Crippen LogP contribution >= 0.6 is 24.0 Å². The van der Waals surface area contributed by atoms with Crippen LogP contribution in [0.3, 0.4) is 0 Å². The molecule has 27 heavy (non-hydrogen) atoms. The Kier molecular flexibility index (Phi) is 10.7. The number of likely N-dealkylation sites (tertiary alicyclic amines) is 2. The number of hydrogen-bond donors (Lipinski definition) is 1. The van der Waals surface area contributed by atoms with Crippen LogP contribution in [-0.2, 0) is 4.74 Å². The molecule has 0 aromatic heterocycles. The Labute approximate surface area is 183 Å². The van der Waals surface area contributed by atoms with Gasteiger partial charge in [-0.2, -0.15) is 0 Å². The first-order valence-corrected chi connectivity index (χ1v) is 11.1. The summed E-state index contributed by atoms with van der Waals surface area (Å²) in [4.78, 5) is 9.73. The minimum atomic E-state index is 0. The molecule has 0 bridgehead atoms. The van der Waals surface area contributed by atoms with Gasteiger partial charge in [0.15, 0.2) is 5.96 Å². The van der Waals surface area contributed by atoms with Crippen LogP contribution in [0.1, 0.15) is 64.7 Å². The molecule has 1 unspecified atom stereocenters. The lowest BCUT2D eigenvalue weighted by molar-refractivity contribution is 0.0263. The molecule has 1 N–H and O–H groups in total. The third kappa shape index (κ3) is 7.03. The van der Waals surface area contributed by atoms with Crippen LogP contribution in [0.25, 0.3) is 0 Å². The normalized spacial score (nSPS) is 26.2. The van der Waals surface area contributed by atoms with Crippen molar-refractivity contribution in [3.05, 3.63) is 0 Å². The van der Waals surface area contributed by atoms with Gasteiger partial charge in [0.05, 0.1) is 6.10 Å². The van der Waals surface area contributed by atoms with Gasteiger partial charge in [0.1, 0.15) is 0 Å². The van der Waals surface area contributed by atoms with Gasteiger partial charge in [0, 0.05) is 45.9 Å². The number of piperidine rings is 1. The van der Waals surface area contributed by atoms with E-state index in [4.69, 9.17) is 4.74 Å². The highest BCUT2D eigenvalue weighted by Crippen LogP contribution is 2.27. The van der Waals surface area contributed by atoms with E-state index >= 15 is 0 Å². The minimum Gasteiger partial charge on any atom is -0.378 e. The van der Waals surface area contributed by atoms with Crippen LogP contribution in [-0.4, -0.2) is 74.3 Å². The summed E-state index contributed by atoms with van der Waals surface area (Å²) >= 11 is 0. The van der Waals surface area contributed by atoms with Crippen molar-refractivity contribution in [3.8, 4) is 0 Å². The van der Waals surface area contributed by atoms with Crippen molar-refractivity contribution in [2.24, 2.45) is 10.9 Å². The zero-order chi connectivity index (χ0) is 18.2. The molecule has 1 saturated carbocycles. The second-order valence-electron chi connectivity index (χ2n) is 8.36. The van der Waals surface area contributed by atoms with Gasteiger partial charge in [-0.15, -0.1) is 24.0 Å². The van der Waals surface area contributed by atoms with Crippen molar-refractivity contribution in [3.63, 3.8) is 0 Å². The van der Waals surface area contributed by atoms with Crippen LogP contribution in [0.4, 0.5) is 0 Å². The summed E-state index contributed by atoms with van der Waals surface area (Å²) in [5.74, 6) is 2.03. The largest absolute Gasteiger partial charge is 0.378 e. The van der Waals surface area contributed by atoms with E-state index in [0.717, 1.165) is 51.0 Å². The summed E-state index contributed by atoms with van der Waals surface area (Å²) in [7, 11) is 1.92. The Morgan fingerprint density at radius 3 is 2.41 bits per heavy atom. The number of ether oxygens (including phenoxy) is 1. The third-order valence-electron chi connectivity index (χ3n) is 6.57. The fourth-order valence-electron chi connectivity index (χ4n) is 5.08. The Balaban J connectivity index is 0.00000261. The van der Waals surface area contributed by atoms with E-state index in [1.807, 2.05) is 7.05 Å². The standard InChI is InChI=1S/C21H40N4O.HI/c1-3-26-20-11-14-24(15-12-20)21(22-2)23-16-19-10-7-13-25(19)17-18-8-5-4-6-9-18;/h18-20H,3-17H2,1-2H3,(H,22,23);1H. The molecule has 6 heteroatoms. The molecule has 1 aliphatic carbocycles. The highest BCUT2D eigenvalue weighted by molar-refractivity contribution is 14.0. The predicted octanol–water partition coefficient (Wildman–Crippen LogP) is 3.73. The Bertz CT molecular complexity index is 434. The molecular formula is C21H41IN4O. The zero-order valence-electron chi connectivity index (χ0n) is 17.5. The van der Waals surface area contributed by atoms with Gasteiger partial charge in [-0.1, -0.05) is 19.3 Å². The number of guanidine groups is 1. The highest BCUT2D eigenvalue weighted by Gasteiger charge is 2.28. The second-order valence-corrected chi connectivity index (χ2v) is 8.36. The highest BCUT2D eigenvalue weighted by atomic mass is 127. The molecule has 0 amide bonds. The monoisotopic (exact) mass is 492 g/mol. The molecule has 2 saturated heterocycles. The Morgan fingerprint density at radius 1 is 1.00 bits per heavy atom. The van der Waals surface area contributed by atoms with E-state index in [-0.39, 0.29) is 24.0 Å². The van der Waals surface area contributed by atoms with Crippen molar-refractivity contribution < 1.29 is 4.74 Å². The maximum Gasteiger partial charge on any atom is 0.193 e. The van der Waals surface area contributed by atoms with E-state index in [1.54, 1.807) is 0 Å². The fourth-order valence-corrected chi connectivity index (χ4v) is 5.08. The lowest BCUT2D eigenvalue weighted by atomic mass is 9.89. The molecular weight excluding hydrogens is 451 g/mol. The van der Waals surface area contributed by atoms with Gasteiger partial charge < -0.3 is 15.0 Å². The summed E-state index contributed by atoms with van der Waals surface area (Å²) < 4.78 is 5.78. The lowest BCUT2D eigenvalue weighted by Gasteiger charge is -2.35. The smallest absolute Gasteiger partial charge is 0.193 e. The quantitative estimate of drug-likeness (QED) is 0.349. The molecule has 3 fully saturated rings. The minimum absolute atomic E-state index is 0. The molecule has 1 atom stereocenters. The Morgan fingerprint density at radius 2 is 1.74 bits per heavy atom. The first-order chi connectivity index (χ1) is 12.8. The van der Waals surface area contributed by atoms with Crippen LogP contribution < -0.4 is 5.32 Å². The van der Waals surface area contributed by atoms with Crippen LogP contribution in [0.2, 0.25) is 0 Å². The van der Waals surface area contributed by atoms with E-state index in [9.17, 15) is 0 Å². The molecule has 0 aromatic carbocycles. The number of nitrogens with one attached hydrogen (secondary N) is 1. The first-order valence-electron chi connectivity index (χ1n) is 11.1. The van der Waals surface area contributed by atoms with Crippen LogP contribution in [0.15, 0.2) is 4.99 Å². The predicted molar refractivity (Wildman–Crippen MR) is 124 cm³/mol. The van der Waals surface area contributed by atoms with Crippen molar-refractivity contribution >= 4 is 29.9 Å². The van der Waals surface area contributed by atoms with E-state index in [1.165, 1.54) is 58.0 Å².